The fraction of sp³-hybridized carbons (Fsp3) is 0.467. The summed E-state index contributed by atoms with van der Waals surface area (Å²) in [7, 11) is 0. The van der Waals surface area contributed by atoms with Gasteiger partial charge in [0.15, 0.2) is 0 Å². The molecule has 3 rings (SSSR count). The number of hydrogen-bond acceptors (Lipinski definition) is 6. The van der Waals surface area contributed by atoms with Gasteiger partial charge in [-0.25, -0.2) is 15.1 Å². The molecule has 0 radical (unpaired) electrons. The van der Waals surface area contributed by atoms with Gasteiger partial charge in [0.25, 0.3) is 0 Å². The number of anilines is 1. The maximum absolute atomic E-state index is 12.9. The molecular formula is C30H40N4O6. The normalized spacial score (nSPS) is 13.7. The second kappa shape index (κ2) is 16.9. The Bertz CT molecular complexity index is 1100. The number of carbonyl (C=O) groups is 4. The van der Waals surface area contributed by atoms with Gasteiger partial charge in [-0.15, -0.1) is 0 Å². The molecular weight excluding hydrogens is 512 g/mol. The smallest absolute Gasteiger partial charge is 0.329 e. The van der Waals surface area contributed by atoms with Crippen molar-refractivity contribution in [3.05, 3.63) is 65.7 Å². The summed E-state index contributed by atoms with van der Waals surface area (Å²) in [4.78, 5) is 48.9. The topological polar surface area (TPSA) is 146 Å². The highest BCUT2D eigenvalue weighted by molar-refractivity contribution is 5.90. The molecule has 1 atom stereocenters. The van der Waals surface area contributed by atoms with Gasteiger partial charge in [0.1, 0.15) is 12.1 Å². The first-order valence-corrected chi connectivity index (χ1v) is 14.0. The van der Waals surface area contributed by atoms with Crippen LogP contribution in [0.4, 0.5) is 10.5 Å². The van der Waals surface area contributed by atoms with E-state index in [-0.39, 0.29) is 25.0 Å². The maximum atomic E-state index is 12.9. The lowest BCUT2D eigenvalue weighted by Crippen LogP contribution is -2.48. The molecule has 0 heterocycles. The number of unbranched alkanes of at least 4 members (excludes halogenated alkanes) is 3. The molecule has 0 saturated heterocycles. The fourth-order valence-electron chi connectivity index (χ4n) is 4.65. The Balaban J connectivity index is 1.44. The average molecular weight is 553 g/mol. The van der Waals surface area contributed by atoms with E-state index in [1.165, 1.54) is 0 Å². The van der Waals surface area contributed by atoms with Gasteiger partial charge in [-0.1, -0.05) is 55.3 Å². The first kappa shape index (κ1) is 30.6. The van der Waals surface area contributed by atoms with Crippen LogP contribution in [0, 0.1) is 0 Å². The molecule has 0 unspecified atom stereocenters. The van der Waals surface area contributed by atoms with E-state index >= 15 is 0 Å². The van der Waals surface area contributed by atoms with E-state index in [1.54, 1.807) is 23.7 Å². The lowest BCUT2D eigenvalue weighted by molar-refractivity contribution is -0.151. The van der Waals surface area contributed by atoms with Crippen molar-refractivity contribution < 1.29 is 29.1 Å². The molecule has 2 aromatic carbocycles. The zero-order valence-electron chi connectivity index (χ0n) is 22.8. The number of esters is 1. The van der Waals surface area contributed by atoms with Crippen molar-refractivity contribution in [3.8, 4) is 0 Å². The van der Waals surface area contributed by atoms with Gasteiger partial charge in [-0.2, -0.15) is 0 Å². The quantitative estimate of drug-likeness (QED) is 0.0960. The van der Waals surface area contributed by atoms with Gasteiger partial charge >= 0.3 is 12.0 Å². The van der Waals surface area contributed by atoms with Crippen molar-refractivity contribution in [1.29, 1.82) is 0 Å². The summed E-state index contributed by atoms with van der Waals surface area (Å²) in [6.45, 7) is 0.215. The second-order valence-electron chi connectivity index (χ2n) is 10.1. The van der Waals surface area contributed by atoms with Gasteiger partial charge in [-0.05, 0) is 61.8 Å². The molecule has 0 aromatic heterocycles. The monoisotopic (exact) mass is 552 g/mol. The highest BCUT2D eigenvalue weighted by Gasteiger charge is 2.27. The summed E-state index contributed by atoms with van der Waals surface area (Å²) in [5.41, 5.74) is 3.96. The molecule has 1 aliphatic rings. The van der Waals surface area contributed by atoms with Crippen LogP contribution in [0.1, 0.15) is 75.3 Å². The Labute approximate surface area is 235 Å². The molecule has 0 spiro atoms. The van der Waals surface area contributed by atoms with Gasteiger partial charge in [0.2, 0.25) is 11.8 Å². The van der Waals surface area contributed by atoms with Crippen LogP contribution in [-0.4, -0.2) is 41.2 Å². The highest BCUT2D eigenvalue weighted by Crippen LogP contribution is 2.22. The predicted molar refractivity (Wildman–Crippen MR) is 150 cm³/mol. The average Bonchev–Trinajstić information content (AvgIpc) is 3.47. The molecule has 10 heteroatoms. The number of hydrogen-bond donors (Lipinski definition) is 5. The molecule has 10 nitrogen and oxygen atoms in total. The first-order valence-electron chi connectivity index (χ1n) is 14.0. The molecule has 40 heavy (non-hydrogen) atoms. The number of hydroxylamine groups is 1. The second-order valence-corrected chi connectivity index (χ2v) is 10.1. The predicted octanol–water partition coefficient (Wildman–Crippen LogP) is 4.37. The molecule has 5 N–H and O–H groups in total. The minimum absolute atomic E-state index is 0.0892. The van der Waals surface area contributed by atoms with E-state index in [0.717, 1.165) is 49.7 Å². The molecule has 0 aliphatic heterocycles. The van der Waals surface area contributed by atoms with Crippen LogP contribution in [0.25, 0.3) is 0 Å². The van der Waals surface area contributed by atoms with Crippen LogP contribution in [0.3, 0.4) is 0 Å². The summed E-state index contributed by atoms with van der Waals surface area (Å²) in [5, 5.41) is 16.9. The van der Waals surface area contributed by atoms with Gasteiger partial charge in [0, 0.05) is 31.5 Å². The minimum atomic E-state index is -0.805. The molecule has 2 aromatic rings. The lowest BCUT2D eigenvalue weighted by atomic mass is 10.1. The molecule has 1 aliphatic carbocycles. The number of carbonyl (C=O) groups excluding carboxylic acids is 4. The van der Waals surface area contributed by atoms with E-state index in [0.29, 0.717) is 31.4 Å². The summed E-state index contributed by atoms with van der Waals surface area (Å²) < 4.78 is 5.68. The van der Waals surface area contributed by atoms with E-state index in [9.17, 15) is 19.2 Å². The van der Waals surface area contributed by atoms with Crippen molar-refractivity contribution in [1.82, 2.24) is 16.1 Å². The van der Waals surface area contributed by atoms with Crippen LogP contribution in [0.2, 0.25) is 0 Å². The van der Waals surface area contributed by atoms with Crippen molar-refractivity contribution in [2.75, 3.05) is 5.32 Å². The standard InChI is InChI=1S/C30H40N4O6/c35-27(17-6-1-2-7-18-28(36)34-39)32-24-14-10-13-23(19-24)21-31-30(38)33-26(20-22-11-4-3-5-12-22)29(37)40-25-15-8-9-16-25/h3-5,10-14,19,25-26,39H,1-2,6-9,15-18,20-21H2,(H,32,35)(H,34,36)(H2,31,33,38)/t26-/m0/s1. The zero-order valence-corrected chi connectivity index (χ0v) is 22.8. The Morgan fingerprint density at radius 3 is 2.23 bits per heavy atom. The van der Waals surface area contributed by atoms with E-state index < -0.39 is 23.9 Å². The summed E-state index contributed by atoms with van der Waals surface area (Å²) in [5.74, 6) is -0.940. The van der Waals surface area contributed by atoms with Gasteiger partial charge in [0.05, 0.1) is 0 Å². The van der Waals surface area contributed by atoms with Gasteiger partial charge < -0.3 is 20.7 Å². The number of amides is 4. The molecule has 1 fully saturated rings. The summed E-state index contributed by atoms with van der Waals surface area (Å²) in [6.07, 6.45) is 7.63. The molecule has 0 bridgehead atoms. The SMILES string of the molecule is O=C(CCCCCCC(=O)Nc1cccc(CNC(=O)N[C@@H](Cc2ccccc2)C(=O)OC2CCCC2)c1)NO. The largest absolute Gasteiger partial charge is 0.461 e. The van der Waals surface area contributed by atoms with Crippen LogP contribution >= 0.6 is 0 Å². The van der Waals surface area contributed by atoms with Crippen LogP contribution < -0.4 is 21.4 Å². The summed E-state index contributed by atoms with van der Waals surface area (Å²) >= 11 is 0. The molecule has 4 amide bonds. The van der Waals surface area contributed by atoms with Crippen LogP contribution in [-0.2, 0) is 32.1 Å². The summed E-state index contributed by atoms with van der Waals surface area (Å²) in [6, 6.07) is 15.4. The lowest BCUT2D eigenvalue weighted by Gasteiger charge is -2.21. The maximum Gasteiger partial charge on any atom is 0.329 e. The first-order chi connectivity index (χ1) is 19.4. The van der Waals surface area contributed by atoms with Crippen LogP contribution in [0.5, 0.6) is 0 Å². The Morgan fingerprint density at radius 1 is 0.850 bits per heavy atom. The van der Waals surface area contributed by atoms with E-state index in [4.69, 9.17) is 9.94 Å². The third kappa shape index (κ3) is 11.4. The highest BCUT2D eigenvalue weighted by atomic mass is 16.5. The number of nitrogens with one attached hydrogen (secondary N) is 4. The van der Waals surface area contributed by atoms with Crippen molar-refractivity contribution >= 4 is 29.5 Å². The third-order valence-electron chi connectivity index (χ3n) is 6.80. The zero-order chi connectivity index (χ0) is 28.6. The minimum Gasteiger partial charge on any atom is -0.461 e. The molecule has 1 saturated carbocycles. The fourth-order valence-corrected chi connectivity index (χ4v) is 4.65. The number of urea groups is 1. The molecule has 216 valence electrons. The Hall–Kier alpha value is -3.92. The van der Waals surface area contributed by atoms with Gasteiger partial charge in [-0.3, -0.25) is 14.8 Å². The number of benzene rings is 2. The third-order valence-corrected chi connectivity index (χ3v) is 6.80. The number of rotatable bonds is 15. The van der Waals surface area contributed by atoms with Crippen molar-refractivity contribution in [2.24, 2.45) is 0 Å². The number of ether oxygens (including phenoxy) is 1. The van der Waals surface area contributed by atoms with Crippen LogP contribution in [0.15, 0.2) is 54.6 Å². The van der Waals surface area contributed by atoms with E-state index in [2.05, 4.69) is 16.0 Å². The van der Waals surface area contributed by atoms with Crippen molar-refractivity contribution in [2.45, 2.75) is 89.3 Å². The van der Waals surface area contributed by atoms with E-state index in [1.807, 2.05) is 36.4 Å². The Kier molecular flexibility index (Phi) is 12.9. The Morgan fingerprint density at radius 2 is 1.52 bits per heavy atom. The van der Waals surface area contributed by atoms with Crippen molar-refractivity contribution in [3.63, 3.8) is 0 Å².